The van der Waals surface area contributed by atoms with Gasteiger partial charge in [0.1, 0.15) is 11.6 Å². The number of allylic oxidation sites excluding steroid dienone is 2. The zero-order chi connectivity index (χ0) is 22.0. The van der Waals surface area contributed by atoms with Crippen LogP contribution >= 0.6 is 0 Å². The van der Waals surface area contributed by atoms with Crippen molar-refractivity contribution in [3.05, 3.63) is 86.5 Å². The van der Waals surface area contributed by atoms with E-state index >= 15 is 0 Å². The second-order valence-electron chi connectivity index (χ2n) is 5.85. The van der Waals surface area contributed by atoms with Gasteiger partial charge in [0.2, 0.25) is 0 Å². The van der Waals surface area contributed by atoms with E-state index in [0.717, 1.165) is 30.7 Å². The lowest BCUT2D eigenvalue weighted by atomic mass is 10.0. The van der Waals surface area contributed by atoms with Crippen molar-refractivity contribution in [2.75, 3.05) is 0 Å². The number of carbonyl (C=O) groups is 1. The number of nitrogens with one attached hydrogen (secondary N) is 1. The highest BCUT2D eigenvalue weighted by molar-refractivity contribution is 6.02. The number of rotatable bonds is 10. The number of nitriles is 1. The van der Waals surface area contributed by atoms with Gasteiger partial charge in [-0.05, 0) is 24.1 Å². The minimum absolute atomic E-state index is 0.0927. The van der Waals surface area contributed by atoms with Crippen LogP contribution in [0.25, 0.3) is 6.08 Å². The summed E-state index contributed by atoms with van der Waals surface area (Å²) in [6.07, 6.45) is 7.16. The van der Waals surface area contributed by atoms with E-state index in [4.69, 9.17) is 0 Å². The topological polar surface area (TPSA) is 139 Å². The average molecular weight is 396 g/mol. The van der Waals surface area contributed by atoms with E-state index in [0.29, 0.717) is 12.0 Å². The molecular formula is C20H20N4O5. The van der Waals surface area contributed by atoms with Crippen molar-refractivity contribution < 1.29 is 14.6 Å². The van der Waals surface area contributed by atoms with Crippen molar-refractivity contribution in [3.63, 3.8) is 0 Å². The molecule has 29 heavy (non-hydrogen) atoms. The van der Waals surface area contributed by atoms with Crippen LogP contribution in [0.4, 0.5) is 11.4 Å². The first-order chi connectivity index (χ1) is 13.8. The smallest absolute Gasteiger partial charge is 0.283 e. The van der Waals surface area contributed by atoms with Crippen LogP contribution in [0, 0.1) is 31.6 Å². The molecule has 0 heterocycles. The van der Waals surface area contributed by atoms with Crippen molar-refractivity contribution in [1.29, 1.82) is 5.26 Å². The zero-order valence-corrected chi connectivity index (χ0v) is 15.8. The summed E-state index contributed by atoms with van der Waals surface area (Å²) in [7, 11) is 0. The number of benzene rings is 1. The predicted octanol–water partition coefficient (Wildman–Crippen LogP) is 3.99. The molecule has 0 aliphatic rings. The van der Waals surface area contributed by atoms with Gasteiger partial charge in [-0.15, -0.1) is 0 Å². The number of hydrogen-bond acceptors (Lipinski definition) is 6. The van der Waals surface area contributed by atoms with Gasteiger partial charge in [0.15, 0.2) is 0 Å². The van der Waals surface area contributed by atoms with Gasteiger partial charge >= 0.3 is 0 Å². The third kappa shape index (κ3) is 6.25. The van der Waals surface area contributed by atoms with Crippen molar-refractivity contribution in [3.8, 4) is 6.07 Å². The normalized spacial score (nSPS) is 12.4. The molecule has 9 heteroatoms. The highest BCUT2D eigenvalue weighted by Crippen LogP contribution is 2.26. The summed E-state index contributed by atoms with van der Waals surface area (Å²) >= 11 is 0. The molecule has 0 aromatic heterocycles. The summed E-state index contributed by atoms with van der Waals surface area (Å²) in [5.74, 6) is -0.726. The van der Waals surface area contributed by atoms with Crippen molar-refractivity contribution in [2.45, 2.75) is 25.8 Å². The second kappa shape index (κ2) is 10.9. The molecule has 0 aliphatic carbocycles. The maximum atomic E-state index is 12.6. The number of non-ortho nitro benzene ring substituents is 1. The molecule has 0 radical (unpaired) electrons. The minimum Gasteiger partial charge on any atom is -0.345 e. The lowest BCUT2D eigenvalue weighted by molar-refractivity contribution is -0.394. The van der Waals surface area contributed by atoms with Crippen LogP contribution in [-0.2, 0) is 4.79 Å². The number of amides is 1. The van der Waals surface area contributed by atoms with Crippen LogP contribution < -0.4 is 5.32 Å². The van der Waals surface area contributed by atoms with Crippen LogP contribution in [0.5, 0.6) is 0 Å². The standard InChI is InChI=1S/C20H20N4O5/c1-4-7-14(6-3)18(8-5-2)22-20(25)16(13-21)11-15-9-10-17(23(26)27)12-19(15)24(28)29/h4,6-7,9-12,18H,1,3,5,8H2,2H3,(H,22,25)/b14-7+,16-11+/t18-/m0/s1. The fourth-order valence-electron chi connectivity index (χ4n) is 2.54. The first kappa shape index (κ1) is 23.0. The Kier molecular flexibility index (Phi) is 8.67. The second-order valence-corrected chi connectivity index (χ2v) is 5.85. The van der Waals surface area contributed by atoms with Gasteiger partial charge in [0.05, 0.1) is 27.5 Å². The summed E-state index contributed by atoms with van der Waals surface area (Å²) in [5.41, 5.74) is -0.808. The summed E-state index contributed by atoms with van der Waals surface area (Å²) in [6.45, 7) is 9.24. The van der Waals surface area contributed by atoms with E-state index in [9.17, 15) is 30.3 Å². The molecule has 150 valence electrons. The molecule has 0 bridgehead atoms. The highest BCUT2D eigenvalue weighted by atomic mass is 16.6. The van der Waals surface area contributed by atoms with Gasteiger partial charge in [-0.2, -0.15) is 5.26 Å². The lowest BCUT2D eigenvalue weighted by Crippen LogP contribution is -2.36. The fourth-order valence-corrected chi connectivity index (χ4v) is 2.54. The van der Waals surface area contributed by atoms with E-state index < -0.39 is 33.2 Å². The summed E-state index contributed by atoms with van der Waals surface area (Å²) in [6, 6.07) is 4.26. The van der Waals surface area contributed by atoms with Gasteiger partial charge in [-0.25, -0.2) is 0 Å². The molecule has 9 nitrogen and oxygen atoms in total. The molecule has 0 fully saturated rings. The van der Waals surface area contributed by atoms with E-state index in [1.807, 2.05) is 6.92 Å². The molecule has 1 atom stereocenters. The Hall–Kier alpha value is -4.06. The maximum absolute atomic E-state index is 12.6. The first-order valence-corrected chi connectivity index (χ1v) is 8.59. The number of carbonyl (C=O) groups excluding carboxylic acids is 1. The average Bonchev–Trinajstić information content (AvgIpc) is 2.69. The monoisotopic (exact) mass is 396 g/mol. The third-order valence-corrected chi connectivity index (χ3v) is 3.92. The number of nitro groups is 2. The number of nitrogens with zero attached hydrogens (tertiary/aromatic N) is 3. The summed E-state index contributed by atoms with van der Waals surface area (Å²) in [5, 5.41) is 34.1. The molecule has 0 saturated heterocycles. The molecular weight excluding hydrogens is 376 g/mol. The molecule has 1 aromatic carbocycles. The van der Waals surface area contributed by atoms with Gasteiger partial charge in [-0.1, -0.05) is 44.7 Å². The van der Waals surface area contributed by atoms with Gasteiger partial charge in [-0.3, -0.25) is 25.0 Å². The first-order valence-electron chi connectivity index (χ1n) is 8.59. The van der Waals surface area contributed by atoms with Crippen LogP contribution in [-0.4, -0.2) is 21.8 Å². The van der Waals surface area contributed by atoms with Gasteiger partial charge < -0.3 is 5.32 Å². The molecule has 0 saturated carbocycles. The Balaban J connectivity index is 3.31. The van der Waals surface area contributed by atoms with E-state index in [1.54, 1.807) is 24.3 Å². The Morgan fingerprint density at radius 3 is 2.48 bits per heavy atom. The third-order valence-electron chi connectivity index (χ3n) is 3.92. The van der Waals surface area contributed by atoms with Crippen LogP contribution in [0.15, 0.2) is 60.7 Å². The van der Waals surface area contributed by atoms with Crippen LogP contribution in [0.2, 0.25) is 0 Å². The Morgan fingerprint density at radius 2 is 2.00 bits per heavy atom. The van der Waals surface area contributed by atoms with E-state index in [1.165, 1.54) is 0 Å². The highest BCUT2D eigenvalue weighted by Gasteiger charge is 2.21. The molecule has 0 spiro atoms. The van der Waals surface area contributed by atoms with Crippen molar-refractivity contribution >= 4 is 23.4 Å². The number of nitro benzene ring substituents is 2. The Morgan fingerprint density at radius 1 is 1.31 bits per heavy atom. The van der Waals surface area contributed by atoms with Gasteiger partial charge in [0, 0.05) is 6.07 Å². The number of hydrogen-bond donors (Lipinski definition) is 1. The molecule has 1 N–H and O–H groups in total. The summed E-state index contributed by atoms with van der Waals surface area (Å²) in [4.78, 5) is 33.1. The van der Waals surface area contributed by atoms with Crippen molar-refractivity contribution in [2.24, 2.45) is 0 Å². The lowest BCUT2D eigenvalue weighted by Gasteiger charge is -2.19. The van der Waals surface area contributed by atoms with Crippen LogP contribution in [0.1, 0.15) is 25.3 Å². The van der Waals surface area contributed by atoms with E-state index in [2.05, 4.69) is 18.5 Å². The largest absolute Gasteiger partial charge is 0.345 e. The molecule has 0 unspecified atom stereocenters. The van der Waals surface area contributed by atoms with Crippen molar-refractivity contribution in [1.82, 2.24) is 5.32 Å². The molecule has 1 rings (SSSR count). The minimum atomic E-state index is -0.811. The molecule has 0 aliphatic heterocycles. The quantitative estimate of drug-likeness (QED) is 0.208. The zero-order valence-electron chi connectivity index (χ0n) is 15.8. The Labute approximate surface area is 167 Å². The maximum Gasteiger partial charge on any atom is 0.283 e. The Bertz CT molecular complexity index is 941. The summed E-state index contributed by atoms with van der Waals surface area (Å²) < 4.78 is 0. The fraction of sp³-hybridized carbons (Fsp3) is 0.200. The van der Waals surface area contributed by atoms with Crippen LogP contribution in [0.3, 0.4) is 0 Å². The van der Waals surface area contributed by atoms with E-state index in [-0.39, 0.29) is 11.1 Å². The predicted molar refractivity (Wildman–Crippen MR) is 109 cm³/mol. The molecule has 1 aromatic rings. The SMILES string of the molecule is C=C/C=C(\C=C)[C@H](CCC)NC(=O)/C(C#N)=C/c1ccc([N+](=O)[O-])cc1[N+](=O)[O-]. The van der Waals surface area contributed by atoms with Gasteiger partial charge in [0.25, 0.3) is 17.3 Å². The molecule has 1 amide bonds.